The predicted octanol–water partition coefficient (Wildman–Crippen LogP) is 3.49. The van der Waals surface area contributed by atoms with Gasteiger partial charge >= 0.3 is 5.97 Å². The summed E-state index contributed by atoms with van der Waals surface area (Å²) in [5.74, 6) is -0.293. The number of phenolic OH excluding ortho intramolecular Hbond substituents is 1. The third-order valence-corrected chi connectivity index (χ3v) is 2.64. The van der Waals surface area contributed by atoms with Crippen molar-refractivity contribution in [3.63, 3.8) is 0 Å². The Morgan fingerprint density at radius 2 is 1.89 bits per heavy atom. The van der Waals surface area contributed by atoms with Gasteiger partial charge in [0.1, 0.15) is 5.75 Å². The number of hydrogen-bond donors (Lipinski definition) is 1. The molecule has 0 saturated heterocycles. The Labute approximate surface area is 114 Å². The van der Waals surface area contributed by atoms with Gasteiger partial charge in [0.2, 0.25) is 6.29 Å². The molecule has 1 aromatic rings. The fourth-order valence-corrected chi connectivity index (χ4v) is 1.58. The summed E-state index contributed by atoms with van der Waals surface area (Å²) in [5.41, 5.74) is 0.416. The minimum absolute atomic E-state index is 0.126. The van der Waals surface area contributed by atoms with E-state index in [9.17, 15) is 9.90 Å². The molecule has 1 atom stereocenters. The molecule has 0 aliphatic carbocycles. The van der Waals surface area contributed by atoms with Crippen LogP contribution in [-0.4, -0.2) is 24.0 Å². The van der Waals surface area contributed by atoms with Crippen LogP contribution in [0.5, 0.6) is 5.75 Å². The first-order valence-corrected chi connectivity index (χ1v) is 6.79. The molecule has 106 valence electrons. The van der Waals surface area contributed by atoms with E-state index in [0.29, 0.717) is 18.6 Å². The highest BCUT2D eigenvalue weighted by Gasteiger charge is 2.15. The molecule has 0 aliphatic rings. The number of rotatable bonds is 8. The fourth-order valence-electron chi connectivity index (χ4n) is 1.58. The molecule has 19 heavy (non-hydrogen) atoms. The van der Waals surface area contributed by atoms with E-state index in [1.807, 2.05) is 6.92 Å². The predicted molar refractivity (Wildman–Crippen MR) is 73.1 cm³/mol. The van der Waals surface area contributed by atoms with Gasteiger partial charge in [-0.3, -0.25) is 0 Å². The Hall–Kier alpha value is -1.55. The van der Waals surface area contributed by atoms with E-state index in [1.165, 1.54) is 24.3 Å². The summed E-state index contributed by atoms with van der Waals surface area (Å²) in [4.78, 5) is 11.9. The number of unbranched alkanes of at least 4 members (excludes halogenated alkanes) is 1. The fraction of sp³-hybridized carbons (Fsp3) is 0.533. The normalized spacial score (nSPS) is 12.1. The summed E-state index contributed by atoms with van der Waals surface area (Å²) in [7, 11) is 0. The van der Waals surface area contributed by atoms with Gasteiger partial charge in [0, 0.05) is 6.42 Å². The molecule has 0 saturated carbocycles. The van der Waals surface area contributed by atoms with Gasteiger partial charge in [0.15, 0.2) is 0 Å². The molecule has 0 spiro atoms. The maximum absolute atomic E-state index is 11.9. The molecule has 0 bridgehead atoms. The van der Waals surface area contributed by atoms with Crippen LogP contribution in [0, 0.1) is 0 Å². The second-order valence-corrected chi connectivity index (χ2v) is 4.39. The van der Waals surface area contributed by atoms with Gasteiger partial charge in [0.25, 0.3) is 0 Å². The van der Waals surface area contributed by atoms with E-state index in [-0.39, 0.29) is 5.75 Å². The number of carbonyl (C=O) groups is 1. The van der Waals surface area contributed by atoms with E-state index in [2.05, 4.69) is 6.92 Å². The Morgan fingerprint density at radius 1 is 1.21 bits per heavy atom. The standard InChI is InChI=1S/C15H22O4/c1-3-5-6-14(18-11-4-2)19-15(17)12-7-9-13(16)10-8-12/h7-10,14,16H,3-6,11H2,1-2H3. The zero-order valence-electron chi connectivity index (χ0n) is 11.6. The minimum atomic E-state index is -0.485. The lowest BCUT2D eigenvalue weighted by Crippen LogP contribution is -2.22. The number of phenols is 1. The molecular weight excluding hydrogens is 244 g/mol. The third-order valence-electron chi connectivity index (χ3n) is 2.64. The highest BCUT2D eigenvalue weighted by atomic mass is 16.7. The van der Waals surface area contributed by atoms with Crippen molar-refractivity contribution in [3.05, 3.63) is 29.8 Å². The van der Waals surface area contributed by atoms with Crippen molar-refractivity contribution in [3.8, 4) is 5.75 Å². The molecule has 0 radical (unpaired) electrons. The largest absolute Gasteiger partial charge is 0.508 e. The van der Waals surface area contributed by atoms with Crippen molar-refractivity contribution in [1.82, 2.24) is 0 Å². The monoisotopic (exact) mass is 266 g/mol. The van der Waals surface area contributed by atoms with Crippen molar-refractivity contribution in [1.29, 1.82) is 0 Å². The van der Waals surface area contributed by atoms with Crippen LogP contribution in [-0.2, 0) is 9.47 Å². The van der Waals surface area contributed by atoms with Crippen LogP contribution < -0.4 is 0 Å². The molecule has 0 amide bonds. The molecule has 0 heterocycles. The van der Waals surface area contributed by atoms with Crippen LogP contribution >= 0.6 is 0 Å². The summed E-state index contributed by atoms with van der Waals surface area (Å²) in [6.45, 7) is 4.68. The lowest BCUT2D eigenvalue weighted by molar-refractivity contribution is -0.114. The Balaban J connectivity index is 2.56. The molecule has 0 aliphatic heterocycles. The molecule has 4 heteroatoms. The van der Waals surface area contributed by atoms with Gasteiger partial charge in [0.05, 0.1) is 12.2 Å². The first-order valence-electron chi connectivity index (χ1n) is 6.79. The van der Waals surface area contributed by atoms with Crippen LogP contribution in [0.25, 0.3) is 0 Å². The van der Waals surface area contributed by atoms with Crippen LogP contribution in [0.3, 0.4) is 0 Å². The van der Waals surface area contributed by atoms with Gasteiger partial charge in [-0.05, 0) is 37.1 Å². The summed E-state index contributed by atoms with van der Waals surface area (Å²) in [5, 5.41) is 9.18. The number of esters is 1. The van der Waals surface area contributed by atoms with Crippen LogP contribution in [0.15, 0.2) is 24.3 Å². The zero-order valence-corrected chi connectivity index (χ0v) is 11.6. The van der Waals surface area contributed by atoms with Crippen LogP contribution in [0.1, 0.15) is 49.9 Å². The Kier molecular flexibility index (Phi) is 6.97. The quantitative estimate of drug-likeness (QED) is 0.578. The topological polar surface area (TPSA) is 55.8 Å². The van der Waals surface area contributed by atoms with Crippen LogP contribution in [0.4, 0.5) is 0 Å². The highest BCUT2D eigenvalue weighted by Crippen LogP contribution is 2.14. The number of ether oxygens (including phenoxy) is 2. The number of aromatic hydroxyl groups is 1. The highest BCUT2D eigenvalue weighted by molar-refractivity contribution is 5.89. The van der Waals surface area contributed by atoms with Gasteiger partial charge in [-0.2, -0.15) is 0 Å². The average molecular weight is 266 g/mol. The maximum Gasteiger partial charge on any atom is 0.340 e. The molecule has 1 rings (SSSR count). The van der Waals surface area contributed by atoms with Crippen molar-refractivity contribution in [2.45, 2.75) is 45.8 Å². The van der Waals surface area contributed by atoms with Gasteiger partial charge < -0.3 is 14.6 Å². The SMILES string of the molecule is CCCCC(OCCC)OC(=O)c1ccc(O)cc1. The molecule has 1 N–H and O–H groups in total. The summed E-state index contributed by atoms with van der Waals surface area (Å²) < 4.78 is 10.9. The van der Waals surface area contributed by atoms with Crippen molar-refractivity contribution >= 4 is 5.97 Å². The van der Waals surface area contributed by atoms with E-state index in [0.717, 1.165) is 19.3 Å². The van der Waals surface area contributed by atoms with Gasteiger partial charge in [-0.25, -0.2) is 4.79 Å². The van der Waals surface area contributed by atoms with E-state index >= 15 is 0 Å². The Morgan fingerprint density at radius 3 is 2.47 bits per heavy atom. The summed E-state index contributed by atoms with van der Waals surface area (Å²) >= 11 is 0. The number of hydrogen-bond acceptors (Lipinski definition) is 4. The molecule has 0 aromatic heterocycles. The molecule has 4 nitrogen and oxygen atoms in total. The second-order valence-electron chi connectivity index (χ2n) is 4.39. The summed E-state index contributed by atoms with van der Waals surface area (Å²) in [6.07, 6.45) is 3.10. The van der Waals surface area contributed by atoms with E-state index in [1.54, 1.807) is 0 Å². The summed E-state index contributed by atoms with van der Waals surface area (Å²) in [6, 6.07) is 6.00. The van der Waals surface area contributed by atoms with E-state index in [4.69, 9.17) is 9.47 Å². The third kappa shape index (κ3) is 5.75. The van der Waals surface area contributed by atoms with Crippen LogP contribution in [0.2, 0.25) is 0 Å². The average Bonchev–Trinajstić information content (AvgIpc) is 2.42. The van der Waals surface area contributed by atoms with Crippen molar-refractivity contribution in [2.24, 2.45) is 0 Å². The number of benzene rings is 1. The zero-order chi connectivity index (χ0) is 14.1. The van der Waals surface area contributed by atoms with Crippen molar-refractivity contribution < 1.29 is 19.4 Å². The first kappa shape index (κ1) is 15.5. The minimum Gasteiger partial charge on any atom is -0.508 e. The first-order chi connectivity index (χ1) is 9.17. The van der Waals surface area contributed by atoms with E-state index < -0.39 is 12.3 Å². The lowest BCUT2D eigenvalue weighted by atomic mass is 10.2. The van der Waals surface area contributed by atoms with Gasteiger partial charge in [-0.15, -0.1) is 0 Å². The Bertz CT molecular complexity index is 364. The number of carbonyl (C=O) groups excluding carboxylic acids is 1. The lowest BCUT2D eigenvalue weighted by Gasteiger charge is -2.18. The maximum atomic E-state index is 11.9. The second kappa shape index (κ2) is 8.53. The molecular formula is C15H22O4. The molecule has 1 aromatic carbocycles. The van der Waals surface area contributed by atoms with Gasteiger partial charge in [-0.1, -0.05) is 20.3 Å². The molecule has 0 fully saturated rings. The molecule has 1 unspecified atom stereocenters. The van der Waals surface area contributed by atoms with Crippen molar-refractivity contribution in [2.75, 3.05) is 6.61 Å². The smallest absolute Gasteiger partial charge is 0.340 e.